The van der Waals surface area contributed by atoms with Crippen LogP contribution in [0, 0.1) is 0 Å². The topological polar surface area (TPSA) is 9.23 Å². The molecule has 1 nitrogen and oxygen atoms in total. The van der Waals surface area contributed by atoms with Gasteiger partial charge in [0.25, 0.3) is 0 Å². The van der Waals surface area contributed by atoms with Gasteiger partial charge in [0.2, 0.25) is 0 Å². The summed E-state index contributed by atoms with van der Waals surface area (Å²) in [7, 11) is -1.93. The molecule has 184 valence electrons. The Morgan fingerprint density at radius 1 is 0.421 bits per heavy atom. The van der Waals surface area contributed by atoms with E-state index in [1.54, 1.807) is 0 Å². The third kappa shape index (κ3) is 4.99. The Hall–Kier alpha value is -4.19. The first-order valence-corrected chi connectivity index (χ1v) is 15.0. The summed E-state index contributed by atoms with van der Waals surface area (Å²) in [4.78, 5) is 0. The molecule has 0 saturated heterocycles. The minimum absolute atomic E-state index is 0.572. The number of ether oxygens (including phenoxy) is 1. The maximum Gasteiger partial charge on any atom is 0.120 e. The molecule has 0 bridgehead atoms. The minimum atomic E-state index is -1.93. The lowest BCUT2D eigenvalue weighted by Crippen LogP contribution is -2.32. The number of hydrogen-bond acceptors (Lipinski definition) is 1. The molecule has 0 aliphatic heterocycles. The lowest BCUT2D eigenvalue weighted by molar-refractivity contribution is 0.306. The van der Waals surface area contributed by atoms with Crippen LogP contribution in [0.1, 0.15) is 11.1 Å². The van der Waals surface area contributed by atoms with Gasteiger partial charge in [0.1, 0.15) is 35.5 Å². The van der Waals surface area contributed by atoms with Crippen LogP contribution in [0.3, 0.4) is 0 Å². The Morgan fingerprint density at radius 2 is 0.895 bits per heavy atom. The smallest absolute Gasteiger partial charge is 0.120 e. The number of hydrogen-bond donors (Lipinski definition) is 0. The first-order chi connectivity index (χ1) is 18.8. The summed E-state index contributed by atoms with van der Waals surface area (Å²) in [6, 6.07) is 56.9. The molecule has 0 atom stereocenters. The fraction of sp³-hybridized carbons (Fsp3) is 0.0556. The van der Waals surface area contributed by atoms with Crippen molar-refractivity contribution in [3.05, 3.63) is 169 Å². The van der Waals surface area contributed by atoms with Crippen LogP contribution in [-0.2, 0) is 12.8 Å². The fourth-order valence-electron chi connectivity index (χ4n) is 5.24. The van der Waals surface area contributed by atoms with Crippen LogP contribution in [0.4, 0.5) is 0 Å². The lowest BCUT2D eigenvalue weighted by Gasteiger charge is -2.28. The van der Waals surface area contributed by atoms with E-state index in [-0.39, 0.29) is 0 Å². The van der Waals surface area contributed by atoms with Crippen molar-refractivity contribution >= 4 is 33.9 Å². The number of rotatable bonds is 8. The van der Waals surface area contributed by atoms with Gasteiger partial charge in [-0.25, -0.2) is 0 Å². The van der Waals surface area contributed by atoms with E-state index in [0.717, 1.165) is 11.9 Å². The minimum Gasteiger partial charge on any atom is -0.489 e. The highest BCUT2D eigenvalue weighted by atomic mass is 31.2. The van der Waals surface area contributed by atoms with Crippen molar-refractivity contribution in [1.29, 1.82) is 0 Å². The Morgan fingerprint density at radius 3 is 1.45 bits per heavy atom. The van der Waals surface area contributed by atoms with Crippen molar-refractivity contribution < 1.29 is 4.74 Å². The van der Waals surface area contributed by atoms with Crippen LogP contribution < -0.4 is 20.7 Å². The van der Waals surface area contributed by atoms with E-state index in [1.807, 2.05) is 18.2 Å². The van der Waals surface area contributed by atoms with Gasteiger partial charge in [-0.05, 0) is 76.5 Å². The first kappa shape index (κ1) is 24.2. The van der Waals surface area contributed by atoms with Gasteiger partial charge in [-0.2, -0.15) is 0 Å². The van der Waals surface area contributed by atoms with Crippen LogP contribution in [0.5, 0.6) is 5.75 Å². The summed E-state index contributed by atoms with van der Waals surface area (Å²) < 4.78 is 6.09. The molecule has 0 radical (unpaired) electrons. The van der Waals surface area contributed by atoms with Crippen LogP contribution in [0.25, 0.3) is 10.8 Å². The third-order valence-corrected chi connectivity index (χ3v) is 11.5. The van der Waals surface area contributed by atoms with Crippen LogP contribution in [-0.4, -0.2) is 0 Å². The molecule has 2 heteroatoms. The molecule has 0 spiro atoms. The van der Waals surface area contributed by atoms with Gasteiger partial charge < -0.3 is 4.74 Å². The molecule has 38 heavy (non-hydrogen) atoms. The maximum absolute atomic E-state index is 6.09. The Bertz CT molecular complexity index is 1520. The SMILES string of the molecule is c1ccc(COc2ccc3cc(C[P+](c4ccccc4)(c4ccccc4)c4ccccc4)ccc3c2)cc1. The van der Waals surface area contributed by atoms with Gasteiger partial charge in [0.05, 0.1) is 6.16 Å². The molecule has 0 fully saturated rings. The fourth-order valence-corrected chi connectivity index (χ4v) is 9.47. The van der Waals surface area contributed by atoms with E-state index in [9.17, 15) is 0 Å². The van der Waals surface area contributed by atoms with Gasteiger partial charge in [-0.15, -0.1) is 0 Å². The maximum atomic E-state index is 6.09. The third-order valence-electron chi connectivity index (χ3n) is 7.14. The average Bonchev–Trinajstić information content (AvgIpc) is 3.00. The number of benzene rings is 6. The lowest BCUT2D eigenvalue weighted by atomic mass is 10.1. The molecule has 0 aliphatic rings. The Labute approximate surface area is 225 Å². The zero-order valence-electron chi connectivity index (χ0n) is 21.3. The summed E-state index contributed by atoms with van der Waals surface area (Å²) in [5.74, 6) is 0.897. The zero-order valence-corrected chi connectivity index (χ0v) is 22.2. The molecule has 0 aliphatic carbocycles. The van der Waals surface area contributed by atoms with E-state index in [0.29, 0.717) is 6.61 Å². The molecular weight excluding hydrogens is 479 g/mol. The van der Waals surface area contributed by atoms with Crippen molar-refractivity contribution in [1.82, 2.24) is 0 Å². The van der Waals surface area contributed by atoms with E-state index in [1.165, 1.54) is 37.8 Å². The van der Waals surface area contributed by atoms with Crippen molar-refractivity contribution in [3.63, 3.8) is 0 Å². The van der Waals surface area contributed by atoms with Gasteiger partial charge in [0.15, 0.2) is 0 Å². The molecule has 0 heterocycles. The van der Waals surface area contributed by atoms with Gasteiger partial charge in [-0.3, -0.25) is 0 Å². The van der Waals surface area contributed by atoms with Gasteiger partial charge >= 0.3 is 0 Å². The molecular formula is C36H30OP+. The molecule has 6 aromatic carbocycles. The first-order valence-electron chi connectivity index (χ1n) is 13.1. The predicted octanol–water partition coefficient (Wildman–Crippen LogP) is 7.91. The molecule has 0 N–H and O–H groups in total. The molecule has 0 aromatic heterocycles. The van der Waals surface area contributed by atoms with Crippen molar-refractivity contribution in [2.45, 2.75) is 12.8 Å². The van der Waals surface area contributed by atoms with E-state index in [2.05, 4.69) is 140 Å². The highest BCUT2D eigenvalue weighted by molar-refractivity contribution is 7.95. The predicted molar refractivity (Wildman–Crippen MR) is 164 cm³/mol. The van der Waals surface area contributed by atoms with Crippen molar-refractivity contribution in [3.8, 4) is 5.75 Å². The highest BCUT2D eigenvalue weighted by Gasteiger charge is 2.45. The Balaban J connectivity index is 1.39. The quantitative estimate of drug-likeness (QED) is 0.189. The molecule has 6 rings (SSSR count). The summed E-state index contributed by atoms with van der Waals surface area (Å²) in [6.07, 6.45) is 0.966. The van der Waals surface area contributed by atoms with E-state index in [4.69, 9.17) is 4.74 Å². The molecule has 0 saturated carbocycles. The van der Waals surface area contributed by atoms with Crippen molar-refractivity contribution in [2.24, 2.45) is 0 Å². The van der Waals surface area contributed by atoms with Crippen molar-refractivity contribution in [2.75, 3.05) is 0 Å². The summed E-state index contributed by atoms with van der Waals surface area (Å²) >= 11 is 0. The highest BCUT2D eigenvalue weighted by Crippen LogP contribution is 2.58. The number of fused-ring (bicyclic) bond motifs is 1. The zero-order chi connectivity index (χ0) is 25.6. The van der Waals surface area contributed by atoms with Crippen LogP contribution >= 0.6 is 7.26 Å². The van der Waals surface area contributed by atoms with Gasteiger partial charge in [0, 0.05) is 0 Å². The summed E-state index contributed by atoms with van der Waals surface area (Å²) in [6.45, 7) is 0.572. The molecule has 0 unspecified atom stereocenters. The average molecular weight is 510 g/mol. The monoisotopic (exact) mass is 509 g/mol. The Kier molecular flexibility index (Phi) is 7.03. The normalized spacial score (nSPS) is 11.4. The van der Waals surface area contributed by atoms with Crippen LogP contribution in [0.2, 0.25) is 0 Å². The largest absolute Gasteiger partial charge is 0.489 e. The second-order valence-corrected chi connectivity index (χ2v) is 13.1. The summed E-state index contributed by atoms with van der Waals surface area (Å²) in [5, 5.41) is 6.65. The van der Waals surface area contributed by atoms with Crippen LogP contribution in [0.15, 0.2) is 158 Å². The molecule has 6 aromatic rings. The standard InChI is InChI=1S/C36H30OP/c1-5-13-29(14-6-1)27-37-33-24-23-31-25-30(21-22-32(31)26-33)28-38(34-15-7-2-8-16-34,35-17-9-3-10-18-35)36-19-11-4-12-20-36/h1-26H,27-28H2/q+1. The van der Waals surface area contributed by atoms with E-state index < -0.39 is 7.26 Å². The summed E-state index contributed by atoms with van der Waals surface area (Å²) in [5.41, 5.74) is 2.52. The molecule has 0 amide bonds. The van der Waals surface area contributed by atoms with E-state index >= 15 is 0 Å². The second kappa shape index (κ2) is 11.1. The van der Waals surface area contributed by atoms with Gasteiger partial charge in [-0.1, -0.05) is 103 Å². The second-order valence-electron chi connectivity index (χ2n) is 9.59.